The van der Waals surface area contributed by atoms with E-state index in [4.69, 9.17) is 13.8 Å². The molecule has 0 radical (unpaired) electrons. The number of ether oxygens (including phenoxy) is 1. The fourth-order valence-electron chi connectivity index (χ4n) is 9.73. The summed E-state index contributed by atoms with van der Waals surface area (Å²) in [5, 5.41) is 3.04. The zero-order chi connectivity index (χ0) is 58.6. The fraction of sp³-hybridized carbons (Fsp3) is 0.800. The molecule has 10 heteroatoms. The van der Waals surface area contributed by atoms with Gasteiger partial charge in [-0.3, -0.25) is 14.2 Å². The average Bonchev–Trinajstić information content (AvgIpc) is 3.43. The van der Waals surface area contributed by atoms with Gasteiger partial charge in [0.15, 0.2) is 0 Å². The maximum atomic E-state index is 13.5. The number of esters is 1. The minimum absolute atomic E-state index is 0.0227. The highest BCUT2D eigenvalue weighted by Gasteiger charge is 2.27. The van der Waals surface area contributed by atoms with Crippen molar-refractivity contribution in [2.24, 2.45) is 0 Å². The molecule has 0 aliphatic rings. The fourth-order valence-corrected chi connectivity index (χ4v) is 10.5. The number of nitrogens with zero attached hydrogens (tertiary/aromatic N) is 1. The van der Waals surface area contributed by atoms with E-state index in [9.17, 15) is 19.0 Å². The molecule has 1 N–H and O–H groups in total. The zero-order valence-electron chi connectivity index (χ0n) is 53.3. The Morgan fingerprint density at radius 1 is 0.450 bits per heavy atom. The molecule has 9 nitrogen and oxygen atoms in total. The summed E-state index contributed by atoms with van der Waals surface area (Å²) >= 11 is 0. The number of amides is 1. The van der Waals surface area contributed by atoms with Crippen molar-refractivity contribution in [3.8, 4) is 0 Å². The summed E-state index contributed by atoms with van der Waals surface area (Å²) in [6, 6.07) is -0.889. The smallest absolute Gasteiger partial charge is 0.306 e. The van der Waals surface area contributed by atoms with E-state index in [1.165, 1.54) is 186 Å². The zero-order valence-corrected chi connectivity index (χ0v) is 54.2. The molecule has 0 aromatic carbocycles. The number of carbonyl (C=O) groups excluding carboxylic acids is 2. The standard InChI is InChI=1S/C70H129N2O7P/c1-7-10-13-16-19-22-25-28-30-31-32-33-34-35-36-37-38-39-40-41-43-45-48-51-54-57-60-63-70(74)79-68(61-58-55-52-49-46-27-24-21-18-15-12-9-3)67(66-78-80(75,76)77-65-64-72(4,5)6)71-69(73)62-59-56-53-50-47-44-42-29-26-23-20-17-14-11-8-2/h10,13,19,22,28,30,32-33,35-36,58,61,67-68H,7-9,11-12,14-18,20-21,23-27,29,31,34,37-57,59-60,62-66H2,1-6H3,(H-,71,73,75,76)/b13-10-,22-19-,30-28-,33-32-,36-35-,61-58-. The Balaban J connectivity index is 5.06. The van der Waals surface area contributed by atoms with Crippen LogP contribution < -0.4 is 10.2 Å². The van der Waals surface area contributed by atoms with Gasteiger partial charge in [-0.1, -0.05) is 293 Å². The number of unbranched alkanes of at least 4 members (excludes halogenated alkanes) is 35. The number of phosphoric ester groups is 1. The second-order valence-corrected chi connectivity index (χ2v) is 25.4. The molecule has 0 aromatic rings. The van der Waals surface area contributed by atoms with Crippen LogP contribution in [0.2, 0.25) is 0 Å². The minimum atomic E-state index is -4.70. The largest absolute Gasteiger partial charge is 0.756 e. The van der Waals surface area contributed by atoms with Crippen molar-refractivity contribution in [3.63, 3.8) is 0 Å². The summed E-state index contributed by atoms with van der Waals surface area (Å²) in [4.78, 5) is 40.1. The average molecular weight is 1140 g/mol. The summed E-state index contributed by atoms with van der Waals surface area (Å²) in [6.07, 6.45) is 77.3. The van der Waals surface area contributed by atoms with Crippen LogP contribution in [0.4, 0.5) is 0 Å². The topological polar surface area (TPSA) is 114 Å². The third-order valence-corrected chi connectivity index (χ3v) is 15.9. The Hall–Kier alpha value is -2.55. The van der Waals surface area contributed by atoms with E-state index in [1.54, 1.807) is 0 Å². The van der Waals surface area contributed by atoms with Crippen molar-refractivity contribution in [1.82, 2.24) is 5.32 Å². The highest BCUT2D eigenvalue weighted by Crippen LogP contribution is 2.38. The van der Waals surface area contributed by atoms with Gasteiger partial charge >= 0.3 is 5.97 Å². The Kier molecular flexibility index (Phi) is 57.7. The van der Waals surface area contributed by atoms with Gasteiger partial charge in [-0.15, -0.1) is 0 Å². The summed E-state index contributed by atoms with van der Waals surface area (Å²) in [5.74, 6) is -0.535. The van der Waals surface area contributed by atoms with Crippen molar-refractivity contribution in [2.45, 2.75) is 322 Å². The Morgan fingerprint density at radius 2 is 0.800 bits per heavy atom. The molecular weight excluding hydrogens is 1010 g/mol. The molecule has 0 saturated carbocycles. The van der Waals surface area contributed by atoms with Crippen LogP contribution >= 0.6 is 7.82 Å². The van der Waals surface area contributed by atoms with Crippen LogP contribution in [-0.4, -0.2) is 69.4 Å². The lowest BCUT2D eigenvalue weighted by Crippen LogP contribution is -2.47. The van der Waals surface area contributed by atoms with Gasteiger partial charge in [0.2, 0.25) is 5.91 Å². The van der Waals surface area contributed by atoms with Gasteiger partial charge in [0.25, 0.3) is 7.82 Å². The summed E-state index contributed by atoms with van der Waals surface area (Å²) in [7, 11) is 1.19. The lowest BCUT2D eigenvalue weighted by molar-refractivity contribution is -0.870. The van der Waals surface area contributed by atoms with Crippen LogP contribution in [0.1, 0.15) is 310 Å². The lowest BCUT2D eigenvalue weighted by atomic mass is 10.0. The summed E-state index contributed by atoms with van der Waals surface area (Å²) < 4.78 is 30.4. The van der Waals surface area contributed by atoms with Gasteiger partial charge in [-0.05, 0) is 76.7 Å². The molecule has 0 aliphatic heterocycles. The van der Waals surface area contributed by atoms with Gasteiger partial charge < -0.3 is 28.5 Å². The van der Waals surface area contributed by atoms with Crippen molar-refractivity contribution in [3.05, 3.63) is 72.9 Å². The Morgan fingerprint density at radius 3 is 1.20 bits per heavy atom. The normalized spacial score (nSPS) is 14.0. The first-order valence-electron chi connectivity index (χ1n) is 33.7. The minimum Gasteiger partial charge on any atom is -0.756 e. The molecule has 0 fully saturated rings. The Bertz CT molecular complexity index is 1600. The molecule has 80 heavy (non-hydrogen) atoms. The first-order chi connectivity index (χ1) is 38.9. The summed E-state index contributed by atoms with van der Waals surface area (Å²) in [6.45, 7) is 6.76. The number of hydrogen-bond donors (Lipinski definition) is 1. The summed E-state index contributed by atoms with van der Waals surface area (Å²) in [5.41, 5.74) is 0. The third-order valence-electron chi connectivity index (χ3n) is 14.9. The molecule has 466 valence electrons. The predicted octanol–water partition coefficient (Wildman–Crippen LogP) is 20.5. The van der Waals surface area contributed by atoms with Crippen LogP contribution in [0.3, 0.4) is 0 Å². The first kappa shape index (κ1) is 77.5. The monoisotopic (exact) mass is 1140 g/mol. The number of likely N-dealkylation sites (N-methyl/N-ethyl adjacent to an activating group) is 1. The number of hydrogen-bond acceptors (Lipinski definition) is 7. The Labute approximate surface area is 495 Å². The van der Waals surface area contributed by atoms with Crippen LogP contribution in [0, 0.1) is 0 Å². The van der Waals surface area contributed by atoms with Gasteiger partial charge in [0.05, 0.1) is 33.8 Å². The molecule has 0 spiro atoms. The lowest BCUT2D eigenvalue weighted by Gasteiger charge is -2.30. The van der Waals surface area contributed by atoms with Gasteiger partial charge in [0, 0.05) is 12.8 Å². The molecule has 0 saturated heterocycles. The van der Waals surface area contributed by atoms with Crippen LogP contribution in [0.5, 0.6) is 0 Å². The number of phosphoric acid groups is 1. The molecule has 0 rings (SSSR count). The van der Waals surface area contributed by atoms with Gasteiger partial charge in [-0.2, -0.15) is 0 Å². The molecule has 1 amide bonds. The highest BCUT2D eigenvalue weighted by molar-refractivity contribution is 7.45. The van der Waals surface area contributed by atoms with E-state index in [1.807, 2.05) is 33.3 Å². The highest BCUT2D eigenvalue weighted by atomic mass is 31.2. The van der Waals surface area contributed by atoms with Crippen LogP contribution in [0.25, 0.3) is 0 Å². The second-order valence-electron chi connectivity index (χ2n) is 24.0. The first-order valence-corrected chi connectivity index (χ1v) is 35.2. The molecular formula is C70H129N2O7P. The van der Waals surface area contributed by atoms with Crippen molar-refractivity contribution >= 4 is 19.7 Å². The van der Waals surface area contributed by atoms with E-state index in [-0.39, 0.29) is 31.5 Å². The SMILES string of the molecule is CC/C=C\C/C=C\C/C=C\C/C=C\C/C=C\CCCCCCCCCCCCCC(=O)OC(/C=C\CCCCCCCCCCCC)C(COP(=O)([O-])OCC[N+](C)(C)C)NC(=O)CCCCCCCCCCCCCCCCC. The molecule has 0 bridgehead atoms. The maximum absolute atomic E-state index is 13.5. The van der Waals surface area contributed by atoms with Gasteiger partial charge in [-0.25, -0.2) is 0 Å². The molecule has 3 atom stereocenters. The van der Waals surface area contributed by atoms with Crippen LogP contribution in [-0.2, 0) is 27.9 Å². The number of allylic oxidation sites excluding steroid dienone is 11. The maximum Gasteiger partial charge on any atom is 0.306 e. The van der Waals surface area contributed by atoms with E-state index < -0.39 is 20.0 Å². The number of nitrogens with one attached hydrogen (secondary N) is 1. The number of rotatable bonds is 61. The van der Waals surface area contributed by atoms with E-state index in [0.717, 1.165) is 89.9 Å². The third kappa shape index (κ3) is 60.1. The molecule has 3 unspecified atom stereocenters. The predicted molar refractivity (Wildman–Crippen MR) is 344 cm³/mol. The number of carbonyl (C=O) groups is 2. The molecule has 0 aliphatic carbocycles. The quantitative estimate of drug-likeness (QED) is 0.0212. The van der Waals surface area contributed by atoms with Crippen molar-refractivity contribution in [1.29, 1.82) is 0 Å². The van der Waals surface area contributed by atoms with Crippen molar-refractivity contribution < 1.29 is 37.3 Å². The van der Waals surface area contributed by atoms with Gasteiger partial charge in [0.1, 0.15) is 19.3 Å². The second kappa shape index (κ2) is 59.6. The molecule has 0 aromatic heterocycles. The van der Waals surface area contributed by atoms with E-state index >= 15 is 0 Å². The number of quaternary nitrogens is 1. The van der Waals surface area contributed by atoms with Crippen LogP contribution in [0.15, 0.2) is 72.9 Å². The van der Waals surface area contributed by atoms with E-state index in [2.05, 4.69) is 86.8 Å². The van der Waals surface area contributed by atoms with Crippen molar-refractivity contribution in [2.75, 3.05) is 40.9 Å². The molecule has 0 heterocycles. The van der Waals surface area contributed by atoms with E-state index in [0.29, 0.717) is 17.4 Å².